The summed E-state index contributed by atoms with van der Waals surface area (Å²) in [5.41, 5.74) is 0.703. The quantitative estimate of drug-likeness (QED) is 0.826. The number of rotatable bonds is 2. The number of hydrogen-bond acceptors (Lipinski definition) is 2. The van der Waals surface area contributed by atoms with E-state index in [0.717, 1.165) is 0 Å². The summed E-state index contributed by atoms with van der Waals surface area (Å²) in [6.07, 6.45) is 1.64. The highest BCUT2D eigenvalue weighted by molar-refractivity contribution is 5.87. The molecule has 0 saturated carbocycles. The molecule has 1 aromatic heterocycles. The zero-order valence-corrected chi connectivity index (χ0v) is 8.33. The normalized spacial score (nSPS) is 10.0. The zero-order valence-electron chi connectivity index (χ0n) is 8.33. The molecule has 0 bridgehead atoms. The van der Waals surface area contributed by atoms with Gasteiger partial charge in [0.2, 0.25) is 0 Å². The number of carbonyl (C=O) groups is 1. The molecule has 1 aromatic carbocycles. The Balaban J connectivity index is 2.47. The van der Waals surface area contributed by atoms with Crippen LogP contribution in [0.1, 0.15) is 10.4 Å². The molecule has 1 N–H and O–H groups in total. The van der Waals surface area contributed by atoms with Crippen LogP contribution in [-0.2, 0) is 0 Å². The maximum Gasteiger partial charge on any atom is 0.335 e. The predicted molar refractivity (Wildman–Crippen MR) is 59.0 cm³/mol. The van der Waals surface area contributed by atoms with E-state index < -0.39 is 5.97 Å². The Morgan fingerprint density at radius 3 is 2.31 bits per heavy atom. The van der Waals surface area contributed by atoms with Crippen molar-refractivity contribution in [3.05, 3.63) is 64.6 Å². The summed E-state index contributed by atoms with van der Waals surface area (Å²) in [4.78, 5) is 22.1. The molecule has 2 aromatic rings. The van der Waals surface area contributed by atoms with Crippen LogP contribution in [0.3, 0.4) is 0 Å². The van der Waals surface area contributed by atoms with Crippen molar-refractivity contribution in [3.63, 3.8) is 0 Å². The Morgan fingerprint density at radius 2 is 1.75 bits per heavy atom. The van der Waals surface area contributed by atoms with Gasteiger partial charge in [0, 0.05) is 18.0 Å². The van der Waals surface area contributed by atoms with Crippen LogP contribution in [0.2, 0.25) is 0 Å². The second-order valence-electron chi connectivity index (χ2n) is 3.26. The van der Waals surface area contributed by atoms with Gasteiger partial charge in [-0.3, -0.25) is 9.36 Å². The molecule has 16 heavy (non-hydrogen) atoms. The van der Waals surface area contributed by atoms with Crippen molar-refractivity contribution < 1.29 is 9.90 Å². The Morgan fingerprint density at radius 1 is 1.06 bits per heavy atom. The monoisotopic (exact) mass is 215 g/mol. The van der Waals surface area contributed by atoms with Crippen molar-refractivity contribution in [2.45, 2.75) is 0 Å². The van der Waals surface area contributed by atoms with E-state index in [1.54, 1.807) is 30.5 Å². The topological polar surface area (TPSA) is 59.3 Å². The van der Waals surface area contributed by atoms with Crippen LogP contribution < -0.4 is 5.56 Å². The minimum absolute atomic E-state index is 0.148. The average Bonchev–Trinajstić information content (AvgIpc) is 2.30. The molecule has 4 heteroatoms. The fraction of sp³-hybridized carbons (Fsp3) is 0. The van der Waals surface area contributed by atoms with Gasteiger partial charge in [0.05, 0.1) is 5.56 Å². The number of aromatic nitrogens is 1. The molecule has 0 fully saturated rings. The van der Waals surface area contributed by atoms with Crippen molar-refractivity contribution in [3.8, 4) is 5.69 Å². The van der Waals surface area contributed by atoms with Crippen molar-refractivity contribution in [1.29, 1.82) is 0 Å². The first-order chi connectivity index (χ1) is 7.68. The van der Waals surface area contributed by atoms with E-state index in [-0.39, 0.29) is 11.1 Å². The second-order valence-corrected chi connectivity index (χ2v) is 3.26. The standard InChI is InChI=1S/C12H9NO3/c14-11-3-1-2-8-13(11)10-6-4-9(5-7-10)12(15)16/h1-8H,(H,15,16). The van der Waals surface area contributed by atoms with Gasteiger partial charge in [-0.15, -0.1) is 0 Å². The summed E-state index contributed by atoms with van der Waals surface area (Å²) < 4.78 is 1.45. The third-order valence-corrected chi connectivity index (χ3v) is 2.21. The van der Waals surface area contributed by atoms with Crippen LogP contribution in [0.15, 0.2) is 53.5 Å². The van der Waals surface area contributed by atoms with Gasteiger partial charge < -0.3 is 5.11 Å². The van der Waals surface area contributed by atoms with Gasteiger partial charge in [-0.05, 0) is 30.3 Å². The van der Waals surface area contributed by atoms with E-state index in [0.29, 0.717) is 5.69 Å². The summed E-state index contributed by atoms with van der Waals surface area (Å²) in [6.45, 7) is 0. The molecule has 0 aliphatic heterocycles. The Kier molecular flexibility index (Phi) is 2.55. The first kappa shape index (κ1) is 10.2. The number of hydrogen-bond donors (Lipinski definition) is 1. The van der Waals surface area contributed by atoms with Crippen molar-refractivity contribution in [2.75, 3.05) is 0 Å². The number of carboxylic acids is 1. The molecule has 0 spiro atoms. The lowest BCUT2D eigenvalue weighted by Gasteiger charge is -2.04. The number of pyridine rings is 1. The Labute approximate surface area is 91.4 Å². The molecule has 0 amide bonds. The number of carboxylic acid groups (broad SMARTS) is 1. The van der Waals surface area contributed by atoms with E-state index in [1.165, 1.54) is 22.8 Å². The lowest BCUT2D eigenvalue weighted by atomic mass is 10.2. The van der Waals surface area contributed by atoms with E-state index in [4.69, 9.17) is 5.11 Å². The molecule has 0 unspecified atom stereocenters. The molecule has 0 saturated heterocycles. The van der Waals surface area contributed by atoms with E-state index in [9.17, 15) is 9.59 Å². The van der Waals surface area contributed by atoms with Crippen LogP contribution >= 0.6 is 0 Å². The van der Waals surface area contributed by atoms with Gasteiger partial charge in [-0.2, -0.15) is 0 Å². The predicted octanol–water partition coefficient (Wildman–Crippen LogP) is 1.54. The first-order valence-electron chi connectivity index (χ1n) is 4.70. The lowest BCUT2D eigenvalue weighted by molar-refractivity contribution is 0.0697. The molecular formula is C12H9NO3. The summed E-state index contributed by atoms with van der Waals surface area (Å²) in [6, 6.07) is 11.0. The van der Waals surface area contributed by atoms with Crippen molar-refractivity contribution >= 4 is 5.97 Å². The van der Waals surface area contributed by atoms with Gasteiger partial charge >= 0.3 is 5.97 Å². The molecule has 1 heterocycles. The van der Waals surface area contributed by atoms with E-state index in [1.807, 2.05) is 0 Å². The molecule has 4 nitrogen and oxygen atoms in total. The third-order valence-electron chi connectivity index (χ3n) is 2.21. The van der Waals surface area contributed by atoms with Crippen LogP contribution in [0, 0.1) is 0 Å². The van der Waals surface area contributed by atoms with Crippen molar-refractivity contribution in [1.82, 2.24) is 4.57 Å². The fourth-order valence-corrected chi connectivity index (χ4v) is 1.41. The molecule has 0 radical (unpaired) electrons. The van der Waals surface area contributed by atoms with Crippen LogP contribution in [0.4, 0.5) is 0 Å². The minimum atomic E-state index is -0.980. The van der Waals surface area contributed by atoms with Crippen LogP contribution in [0.25, 0.3) is 5.69 Å². The minimum Gasteiger partial charge on any atom is -0.478 e. The number of benzene rings is 1. The first-order valence-corrected chi connectivity index (χ1v) is 4.70. The van der Waals surface area contributed by atoms with Gasteiger partial charge in [-0.25, -0.2) is 4.79 Å². The zero-order chi connectivity index (χ0) is 11.5. The van der Waals surface area contributed by atoms with Gasteiger partial charge in [0.25, 0.3) is 5.56 Å². The molecule has 0 aliphatic rings. The highest BCUT2D eigenvalue weighted by Crippen LogP contribution is 2.07. The van der Waals surface area contributed by atoms with Crippen LogP contribution in [0.5, 0.6) is 0 Å². The maximum absolute atomic E-state index is 11.5. The summed E-state index contributed by atoms with van der Waals surface area (Å²) in [5, 5.41) is 8.73. The smallest absolute Gasteiger partial charge is 0.335 e. The molecule has 80 valence electrons. The third kappa shape index (κ3) is 1.86. The number of nitrogens with zero attached hydrogens (tertiary/aromatic N) is 1. The summed E-state index contributed by atoms with van der Waals surface area (Å²) in [5.74, 6) is -0.980. The maximum atomic E-state index is 11.5. The Hall–Kier alpha value is -2.36. The van der Waals surface area contributed by atoms with Crippen LogP contribution in [-0.4, -0.2) is 15.6 Å². The fourth-order valence-electron chi connectivity index (χ4n) is 1.41. The molecule has 0 aliphatic carbocycles. The largest absolute Gasteiger partial charge is 0.478 e. The van der Waals surface area contributed by atoms with Crippen molar-refractivity contribution in [2.24, 2.45) is 0 Å². The molecule has 0 atom stereocenters. The molecule has 2 rings (SSSR count). The lowest BCUT2D eigenvalue weighted by Crippen LogP contribution is -2.15. The van der Waals surface area contributed by atoms with Gasteiger partial charge in [-0.1, -0.05) is 6.07 Å². The SMILES string of the molecule is O=C(O)c1ccc(-n2ccccc2=O)cc1. The van der Waals surface area contributed by atoms with E-state index in [2.05, 4.69) is 0 Å². The van der Waals surface area contributed by atoms with Gasteiger partial charge in [0.1, 0.15) is 0 Å². The highest BCUT2D eigenvalue weighted by Gasteiger charge is 2.02. The number of aromatic carboxylic acids is 1. The Bertz CT molecular complexity index is 569. The average molecular weight is 215 g/mol. The summed E-state index contributed by atoms with van der Waals surface area (Å²) >= 11 is 0. The van der Waals surface area contributed by atoms with E-state index >= 15 is 0 Å². The highest BCUT2D eigenvalue weighted by atomic mass is 16.4. The second kappa shape index (κ2) is 4.02. The summed E-state index contributed by atoms with van der Waals surface area (Å²) in [7, 11) is 0. The van der Waals surface area contributed by atoms with Gasteiger partial charge in [0.15, 0.2) is 0 Å². The molecular weight excluding hydrogens is 206 g/mol.